The number of nitrogens with one attached hydrogen (secondary N) is 1. The quantitative estimate of drug-likeness (QED) is 0.166. The summed E-state index contributed by atoms with van der Waals surface area (Å²) in [7, 11) is -4.43. The molecule has 0 bridgehead atoms. The summed E-state index contributed by atoms with van der Waals surface area (Å²) in [4.78, 5) is 29.3. The molecule has 0 radical (unpaired) electrons. The predicted molar refractivity (Wildman–Crippen MR) is 177 cm³/mol. The average molecular weight is 664 g/mol. The van der Waals surface area contributed by atoms with Crippen molar-refractivity contribution in [3.05, 3.63) is 126 Å². The number of hydrogen-bond donors (Lipinski definition) is 1. The molecule has 0 saturated carbocycles. The van der Waals surface area contributed by atoms with Crippen molar-refractivity contribution in [2.24, 2.45) is 0 Å². The largest absolute Gasteiger partial charge is 0.494 e. The molecule has 0 aliphatic rings. The van der Waals surface area contributed by atoms with E-state index in [0.29, 0.717) is 18.8 Å². The first-order valence-corrected chi connectivity index (χ1v) is 16.9. The summed E-state index contributed by atoms with van der Waals surface area (Å²) in [5, 5.41) is 2.94. The van der Waals surface area contributed by atoms with Crippen LogP contribution in [0.5, 0.6) is 5.75 Å². The van der Waals surface area contributed by atoms with Crippen LogP contribution in [0, 0.1) is 11.6 Å². The van der Waals surface area contributed by atoms with Crippen molar-refractivity contribution in [2.45, 2.75) is 57.1 Å². The lowest BCUT2D eigenvalue weighted by atomic mass is 10.0. The Balaban J connectivity index is 1.81. The van der Waals surface area contributed by atoms with E-state index in [0.717, 1.165) is 34.1 Å². The Kier molecular flexibility index (Phi) is 12.1. The maximum absolute atomic E-state index is 15.1. The summed E-state index contributed by atoms with van der Waals surface area (Å²) >= 11 is 0. The van der Waals surface area contributed by atoms with Crippen LogP contribution in [0.15, 0.2) is 108 Å². The van der Waals surface area contributed by atoms with Gasteiger partial charge >= 0.3 is 0 Å². The van der Waals surface area contributed by atoms with Crippen molar-refractivity contribution in [3.8, 4) is 5.75 Å². The summed E-state index contributed by atoms with van der Waals surface area (Å²) in [6, 6.07) is 24.1. The first-order valence-electron chi connectivity index (χ1n) is 15.4. The van der Waals surface area contributed by atoms with Gasteiger partial charge in [0.2, 0.25) is 11.8 Å². The van der Waals surface area contributed by atoms with Gasteiger partial charge in [-0.1, -0.05) is 55.5 Å². The van der Waals surface area contributed by atoms with E-state index in [1.165, 1.54) is 35.2 Å². The second-order valence-corrected chi connectivity index (χ2v) is 12.9. The molecule has 1 N–H and O–H groups in total. The summed E-state index contributed by atoms with van der Waals surface area (Å²) in [5.41, 5.74) is 1.05. The van der Waals surface area contributed by atoms with Gasteiger partial charge in [-0.2, -0.15) is 0 Å². The van der Waals surface area contributed by atoms with Crippen LogP contribution in [0.1, 0.15) is 38.3 Å². The standard InChI is InChI=1S/C36H39F2N3O5S/c1-4-26(3)39-36(43)34(23-27-11-7-6-8-12-27)40(24-28-13-9-10-14-33(28)38)35(42)25-41(30-17-19-31(20-18-30)46-5-2)47(44,45)32-21-15-29(37)16-22-32/h6-22,26,34H,4-5,23-25H2,1-3H3,(H,39,43). The number of rotatable bonds is 15. The number of anilines is 1. The van der Waals surface area contributed by atoms with Crippen LogP contribution in [0.4, 0.5) is 14.5 Å². The Labute approximate surface area is 275 Å². The van der Waals surface area contributed by atoms with Crippen molar-refractivity contribution in [2.75, 3.05) is 17.5 Å². The zero-order valence-corrected chi connectivity index (χ0v) is 27.4. The van der Waals surface area contributed by atoms with Crippen LogP contribution in [0.2, 0.25) is 0 Å². The molecule has 2 amide bonds. The molecule has 0 fully saturated rings. The summed E-state index contributed by atoms with van der Waals surface area (Å²) in [6.45, 7) is 4.92. The van der Waals surface area contributed by atoms with Crippen LogP contribution < -0.4 is 14.4 Å². The van der Waals surface area contributed by atoms with Gasteiger partial charge in [-0.3, -0.25) is 13.9 Å². The van der Waals surface area contributed by atoms with Crippen LogP contribution in [-0.2, 0) is 32.6 Å². The number of carbonyl (C=O) groups excluding carboxylic acids is 2. The van der Waals surface area contributed by atoms with Gasteiger partial charge < -0.3 is 15.0 Å². The number of benzene rings is 4. The monoisotopic (exact) mass is 663 g/mol. The van der Waals surface area contributed by atoms with Gasteiger partial charge in [-0.25, -0.2) is 17.2 Å². The fraction of sp³-hybridized carbons (Fsp3) is 0.278. The van der Waals surface area contributed by atoms with Gasteiger partial charge in [-0.15, -0.1) is 0 Å². The molecule has 0 aliphatic heterocycles. The molecule has 4 aromatic rings. The molecule has 4 aromatic carbocycles. The fourth-order valence-corrected chi connectivity index (χ4v) is 6.36. The van der Waals surface area contributed by atoms with Crippen molar-refractivity contribution in [1.29, 1.82) is 0 Å². The maximum atomic E-state index is 15.1. The van der Waals surface area contributed by atoms with E-state index in [9.17, 15) is 22.4 Å². The second kappa shape index (κ2) is 16.2. The first-order chi connectivity index (χ1) is 22.5. The Bertz CT molecular complexity index is 1740. The molecule has 248 valence electrons. The summed E-state index contributed by atoms with van der Waals surface area (Å²) in [5.74, 6) is -1.91. The third kappa shape index (κ3) is 9.16. The smallest absolute Gasteiger partial charge is 0.264 e. The molecule has 47 heavy (non-hydrogen) atoms. The number of halogens is 2. The predicted octanol–water partition coefficient (Wildman–Crippen LogP) is 6.11. The van der Waals surface area contributed by atoms with Crippen LogP contribution >= 0.6 is 0 Å². The third-order valence-electron chi connectivity index (χ3n) is 7.69. The summed E-state index contributed by atoms with van der Waals surface area (Å²) < 4.78 is 63.4. The normalized spacial score (nSPS) is 12.5. The molecule has 0 heterocycles. The SMILES string of the molecule is CCOc1ccc(N(CC(=O)N(Cc2ccccc2F)C(Cc2ccccc2)C(=O)NC(C)CC)S(=O)(=O)c2ccc(F)cc2)cc1. The summed E-state index contributed by atoms with van der Waals surface area (Å²) in [6.07, 6.45) is 0.726. The third-order valence-corrected chi connectivity index (χ3v) is 9.47. The van der Waals surface area contributed by atoms with E-state index < -0.39 is 46.1 Å². The van der Waals surface area contributed by atoms with E-state index in [-0.39, 0.29) is 35.2 Å². The van der Waals surface area contributed by atoms with Gasteiger partial charge in [0.05, 0.1) is 17.2 Å². The molecule has 4 rings (SSSR count). The Hall–Kier alpha value is -4.77. The van der Waals surface area contributed by atoms with Gasteiger partial charge in [-0.05, 0) is 80.4 Å². The van der Waals surface area contributed by atoms with Crippen LogP contribution in [0.3, 0.4) is 0 Å². The zero-order chi connectivity index (χ0) is 34.0. The van der Waals surface area contributed by atoms with Crippen molar-refractivity contribution in [1.82, 2.24) is 10.2 Å². The van der Waals surface area contributed by atoms with Crippen molar-refractivity contribution < 1.29 is 31.5 Å². The van der Waals surface area contributed by atoms with E-state index in [1.54, 1.807) is 18.2 Å². The molecule has 0 aliphatic carbocycles. The highest BCUT2D eigenvalue weighted by atomic mass is 32.2. The Morgan fingerprint density at radius 3 is 2.11 bits per heavy atom. The number of nitrogens with zero attached hydrogens (tertiary/aromatic N) is 2. The van der Waals surface area contributed by atoms with E-state index in [1.807, 2.05) is 51.1 Å². The molecule has 2 atom stereocenters. The fourth-order valence-electron chi connectivity index (χ4n) is 4.94. The van der Waals surface area contributed by atoms with Crippen molar-refractivity contribution >= 4 is 27.5 Å². The molecule has 8 nitrogen and oxygen atoms in total. The van der Waals surface area contributed by atoms with Gasteiger partial charge in [0, 0.05) is 24.6 Å². The molecular weight excluding hydrogens is 624 g/mol. The Morgan fingerprint density at radius 2 is 1.49 bits per heavy atom. The lowest BCUT2D eigenvalue weighted by molar-refractivity contribution is -0.140. The minimum Gasteiger partial charge on any atom is -0.494 e. The zero-order valence-electron chi connectivity index (χ0n) is 26.6. The van der Waals surface area contributed by atoms with Crippen LogP contribution in [0.25, 0.3) is 0 Å². The van der Waals surface area contributed by atoms with Crippen LogP contribution in [-0.4, -0.2) is 50.4 Å². The van der Waals surface area contributed by atoms with Gasteiger partial charge in [0.15, 0.2) is 0 Å². The lowest BCUT2D eigenvalue weighted by Crippen LogP contribution is -2.54. The maximum Gasteiger partial charge on any atom is 0.264 e. The number of amides is 2. The number of hydrogen-bond acceptors (Lipinski definition) is 5. The Morgan fingerprint density at radius 1 is 0.851 bits per heavy atom. The van der Waals surface area contributed by atoms with Gasteiger partial charge in [0.1, 0.15) is 30.0 Å². The highest BCUT2D eigenvalue weighted by molar-refractivity contribution is 7.92. The lowest BCUT2D eigenvalue weighted by Gasteiger charge is -2.34. The highest BCUT2D eigenvalue weighted by Crippen LogP contribution is 2.27. The number of sulfonamides is 1. The second-order valence-electron chi connectivity index (χ2n) is 11.0. The van der Waals surface area contributed by atoms with Crippen molar-refractivity contribution in [3.63, 3.8) is 0 Å². The average Bonchev–Trinajstić information content (AvgIpc) is 3.07. The van der Waals surface area contributed by atoms with E-state index >= 15 is 4.39 Å². The topological polar surface area (TPSA) is 96.0 Å². The molecule has 0 spiro atoms. The van der Waals surface area contributed by atoms with E-state index in [2.05, 4.69) is 5.32 Å². The van der Waals surface area contributed by atoms with E-state index in [4.69, 9.17) is 4.74 Å². The van der Waals surface area contributed by atoms with Gasteiger partial charge in [0.25, 0.3) is 10.0 Å². The molecule has 2 unspecified atom stereocenters. The number of ether oxygens (including phenoxy) is 1. The molecule has 0 saturated heterocycles. The molecule has 0 aromatic heterocycles. The minimum atomic E-state index is -4.43. The molecular formula is C36H39F2N3O5S. The molecule has 11 heteroatoms. The highest BCUT2D eigenvalue weighted by Gasteiger charge is 2.35. The minimum absolute atomic E-state index is 0.0943. The first kappa shape index (κ1) is 35.1. The number of carbonyl (C=O) groups is 2.